The first-order valence-electron chi connectivity index (χ1n) is 6.01. The van der Waals surface area contributed by atoms with Gasteiger partial charge in [-0.3, -0.25) is 4.98 Å². The maximum Gasteiger partial charge on any atom is 0.341 e. The summed E-state index contributed by atoms with van der Waals surface area (Å²) >= 11 is 0. The third-order valence-electron chi connectivity index (χ3n) is 3.77. The van der Waals surface area contributed by atoms with Crippen LogP contribution >= 0.6 is 0 Å². The number of carbonyl (C=O) groups excluding carboxylic acids is 1. The molecule has 0 N–H and O–H groups in total. The Morgan fingerprint density at radius 1 is 1.35 bits per heavy atom. The Kier molecular flexibility index (Phi) is 2.23. The number of aromatic nitrogens is 1. The average molecular weight is 232 g/mol. The summed E-state index contributed by atoms with van der Waals surface area (Å²) in [4.78, 5) is 18.7. The smallest absolute Gasteiger partial charge is 0.341 e. The molecule has 0 unspecified atom stereocenters. The van der Waals surface area contributed by atoms with Crippen molar-refractivity contribution >= 4 is 5.97 Å². The van der Waals surface area contributed by atoms with E-state index in [1.165, 1.54) is 0 Å². The number of fused-ring (bicyclic) bond motifs is 2. The van der Waals surface area contributed by atoms with E-state index in [0.29, 0.717) is 5.56 Å². The second-order valence-electron chi connectivity index (χ2n) is 5.04. The second-order valence-corrected chi connectivity index (χ2v) is 5.04. The molecule has 0 aromatic carbocycles. The molecule has 0 saturated carbocycles. The van der Waals surface area contributed by atoms with Gasteiger partial charge in [-0.15, -0.1) is 0 Å². The van der Waals surface area contributed by atoms with Gasteiger partial charge in [0, 0.05) is 31.6 Å². The molecule has 3 heterocycles. The van der Waals surface area contributed by atoms with E-state index >= 15 is 0 Å². The standard InChI is InChI=1S/C13H16N2O2/c1-9-3-4-10-11(14-9)13(17-12(10)16)5-7-15(2)8-6-13/h3-4H,5-8H2,1-2H3. The fraction of sp³-hybridized carbons (Fsp3) is 0.538. The van der Waals surface area contributed by atoms with Crippen molar-refractivity contribution in [3.63, 3.8) is 0 Å². The Hall–Kier alpha value is -1.42. The van der Waals surface area contributed by atoms with Crippen LogP contribution in [0.4, 0.5) is 0 Å². The lowest BCUT2D eigenvalue weighted by Gasteiger charge is -2.36. The minimum Gasteiger partial charge on any atom is -0.449 e. The highest BCUT2D eigenvalue weighted by Crippen LogP contribution is 2.42. The predicted octanol–water partition coefficient (Wildman–Crippen LogP) is 1.48. The van der Waals surface area contributed by atoms with Gasteiger partial charge in [-0.05, 0) is 26.1 Å². The van der Waals surface area contributed by atoms with E-state index in [1.807, 2.05) is 19.1 Å². The highest BCUT2D eigenvalue weighted by Gasteiger charge is 2.48. The molecular formula is C13H16N2O2. The third kappa shape index (κ3) is 1.55. The summed E-state index contributed by atoms with van der Waals surface area (Å²) < 4.78 is 5.64. The highest BCUT2D eigenvalue weighted by atomic mass is 16.6. The lowest BCUT2D eigenvalue weighted by Crippen LogP contribution is -2.41. The fourth-order valence-corrected chi connectivity index (χ4v) is 2.67. The van der Waals surface area contributed by atoms with Crippen molar-refractivity contribution in [2.24, 2.45) is 0 Å². The van der Waals surface area contributed by atoms with Crippen molar-refractivity contribution in [3.8, 4) is 0 Å². The van der Waals surface area contributed by atoms with Gasteiger partial charge >= 0.3 is 5.97 Å². The zero-order valence-electron chi connectivity index (χ0n) is 10.2. The molecular weight excluding hydrogens is 216 g/mol. The van der Waals surface area contributed by atoms with Crippen LogP contribution in [0, 0.1) is 6.92 Å². The molecule has 3 rings (SSSR count). The van der Waals surface area contributed by atoms with Gasteiger partial charge in [0.2, 0.25) is 0 Å². The predicted molar refractivity (Wildman–Crippen MR) is 62.8 cm³/mol. The quantitative estimate of drug-likeness (QED) is 0.635. The molecule has 4 heteroatoms. The van der Waals surface area contributed by atoms with Crippen molar-refractivity contribution in [2.75, 3.05) is 20.1 Å². The normalized spacial score (nSPS) is 22.6. The van der Waals surface area contributed by atoms with Crippen LogP contribution in [0.2, 0.25) is 0 Å². The molecule has 1 fully saturated rings. The summed E-state index contributed by atoms with van der Waals surface area (Å²) in [7, 11) is 2.09. The Morgan fingerprint density at radius 2 is 2.06 bits per heavy atom. The largest absolute Gasteiger partial charge is 0.449 e. The summed E-state index contributed by atoms with van der Waals surface area (Å²) in [5, 5.41) is 0. The number of hydrogen-bond acceptors (Lipinski definition) is 4. The lowest BCUT2D eigenvalue weighted by molar-refractivity contribution is -0.0414. The highest BCUT2D eigenvalue weighted by molar-refractivity contribution is 5.94. The minimum absolute atomic E-state index is 0.211. The van der Waals surface area contributed by atoms with Gasteiger partial charge in [-0.25, -0.2) is 4.79 Å². The van der Waals surface area contributed by atoms with Gasteiger partial charge in [0.15, 0.2) is 5.60 Å². The lowest BCUT2D eigenvalue weighted by atomic mass is 9.87. The van der Waals surface area contributed by atoms with Crippen LogP contribution in [0.15, 0.2) is 12.1 Å². The maximum absolute atomic E-state index is 11.9. The van der Waals surface area contributed by atoms with Crippen LogP contribution in [0.25, 0.3) is 0 Å². The fourth-order valence-electron chi connectivity index (χ4n) is 2.67. The zero-order chi connectivity index (χ0) is 12.0. The van der Waals surface area contributed by atoms with Crippen molar-refractivity contribution in [3.05, 3.63) is 29.1 Å². The Bertz CT molecular complexity index is 476. The van der Waals surface area contributed by atoms with Gasteiger partial charge in [-0.2, -0.15) is 0 Å². The number of ether oxygens (including phenoxy) is 1. The van der Waals surface area contributed by atoms with Gasteiger partial charge in [-0.1, -0.05) is 0 Å². The van der Waals surface area contributed by atoms with E-state index in [9.17, 15) is 4.79 Å². The van der Waals surface area contributed by atoms with Crippen LogP contribution in [0.5, 0.6) is 0 Å². The Morgan fingerprint density at radius 3 is 2.76 bits per heavy atom. The number of esters is 1. The third-order valence-corrected chi connectivity index (χ3v) is 3.77. The topological polar surface area (TPSA) is 42.4 Å². The summed E-state index contributed by atoms with van der Waals surface area (Å²) in [6, 6.07) is 3.71. The number of carbonyl (C=O) groups is 1. The van der Waals surface area contributed by atoms with Crippen LogP contribution in [-0.2, 0) is 10.3 Å². The molecule has 1 spiro atoms. The van der Waals surface area contributed by atoms with Crippen LogP contribution in [0.1, 0.15) is 34.6 Å². The van der Waals surface area contributed by atoms with E-state index in [0.717, 1.165) is 37.3 Å². The van der Waals surface area contributed by atoms with Crippen LogP contribution < -0.4 is 0 Å². The Balaban J connectivity index is 2.05. The molecule has 0 atom stereocenters. The number of piperidine rings is 1. The summed E-state index contributed by atoms with van der Waals surface area (Å²) in [6.07, 6.45) is 1.69. The molecule has 0 radical (unpaired) electrons. The van der Waals surface area contributed by atoms with E-state index in [1.54, 1.807) is 0 Å². The molecule has 90 valence electrons. The molecule has 4 nitrogen and oxygen atoms in total. The summed E-state index contributed by atoms with van der Waals surface area (Å²) in [5.41, 5.74) is 2.00. The van der Waals surface area contributed by atoms with Crippen molar-refractivity contribution in [1.82, 2.24) is 9.88 Å². The molecule has 1 aromatic rings. The van der Waals surface area contributed by atoms with Crippen molar-refractivity contribution in [2.45, 2.75) is 25.4 Å². The summed E-state index contributed by atoms with van der Waals surface area (Å²) in [6.45, 7) is 3.84. The molecule has 0 amide bonds. The molecule has 0 bridgehead atoms. The number of aryl methyl sites for hydroxylation is 1. The van der Waals surface area contributed by atoms with E-state index in [4.69, 9.17) is 4.74 Å². The molecule has 17 heavy (non-hydrogen) atoms. The molecule has 2 aliphatic rings. The number of likely N-dealkylation sites (tertiary alicyclic amines) is 1. The van der Waals surface area contributed by atoms with Crippen LogP contribution in [-0.4, -0.2) is 36.0 Å². The second kappa shape index (κ2) is 3.53. The number of hydrogen-bond donors (Lipinski definition) is 0. The SMILES string of the molecule is Cc1ccc2c(n1)C1(CCN(C)CC1)OC2=O. The minimum atomic E-state index is -0.453. The summed E-state index contributed by atoms with van der Waals surface area (Å²) in [5.74, 6) is -0.211. The van der Waals surface area contributed by atoms with E-state index < -0.39 is 5.60 Å². The number of pyridine rings is 1. The average Bonchev–Trinajstić information content (AvgIpc) is 2.57. The number of nitrogens with zero attached hydrogens (tertiary/aromatic N) is 2. The molecule has 1 saturated heterocycles. The molecule has 1 aromatic heterocycles. The zero-order valence-corrected chi connectivity index (χ0v) is 10.2. The van der Waals surface area contributed by atoms with Crippen LogP contribution in [0.3, 0.4) is 0 Å². The van der Waals surface area contributed by atoms with E-state index in [-0.39, 0.29) is 5.97 Å². The van der Waals surface area contributed by atoms with Crippen molar-refractivity contribution < 1.29 is 9.53 Å². The van der Waals surface area contributed by atoms with Gasteiger partial charge in [0.1, 0.15) is 0 Å². The van der Waals surface area contributed by atoms with Gasteiger partial charge in [0.25, 0.3) is 0 Å². The maximum atomic E-state index is 11.9. The molecule has 2 aliphatic heterocycles. The monoisotopic (exact) mass is 232 g/mol. The van der Waals surface area contributed by atoms with E-state index in [2.05, 4.69) is 16.9 Å². The first-order valence-corrected chi connectivity index (χ1v) is 6.01. The van der Waals surface area contributed by atoms with Gasteiger partial charge in [0.05, 0.1) is 11.3 Å². The van der Waals surface area contributed by atoms with Crippen molar-refractivity contribution in [1.29, 1.82) is 0 Å². The van der Waals surface area contributed by atoms with Gasteiger partial charge < -0.3 is 9.64 Å². The first kappa shape index (κ1) is 10.7. The molecule has 0 aliphatic carbocycles. The Labute approximate surface area is 101 Å². The number of rotatable bonds is 0. The first-order chi connectivity index (χ1) is 8.11.